The van der Waals surface area contributed by atoms with Gasteiger partial charge in [0.2, 0.25) is 11.8 Å². The topological polar surface area (TPSA) is 75.4 Å². The van der Waals surface area contributed by atoms with Crippen LogP contribution in [0.5, 0.6) is 0 Å². The minimum absolute atomic E-state index is 0.141. The number of allylic oxidation sites excluding steroid dienone is 2. The number of nitrogens with two attached hydrogens (primary N) is 1. The fourth-order valence-corrected chi connectivity index (χ4v) is 3.17. The maximum Gasteiger partial charge on any atom is 0.269 e. The van der Waals surface area contributed by atoms with Gasteiger partial charge in [0.15, 0.2) is 0 Å². The highest BCUT2D eigenvalue weighted by atomic mass is 32.1. The predicted octanol–water partition coefficient (Wildman–Crippen LogP) is -0.503. The van der Waals surface area contributed by atoms with Gasteiger partial charge >= 0.3 is 0 Å². The number of hydrogen-bond donors (Lipinski definition) is 3. The quantitative estimate of drug-likeness (QED) is 0.466. The van der Waals surface area contributed by atoms with Crippen LogP contribution in [0.25, 0.3) is 12.7 Å². The van der Waals surface area contributed by atoms with E-state index in [1.807, 2.05) is 43.3 Å². The van der Waals surface area contributed by atoms with Gasteiger partial charge in [-0.15, -0.1) is 0 Å². The lowest BCUT2D eigenvalue weighted by atomic mass is 9.80. The Labute approximate surface area is 160 Å². The summed E-state index contributed by atoms with van der Waals surface area (Å²) in [5, 5.41) is 4.90. The Morgan fingerprint density at radius 1 is 1.50 bits per heavy atom. The third-order valence-corrected chi connectivity index (χ3v) is 4.98. The number of carbonyl (C=O) groups is 2. The summed E-state index contributed by atoms with van der Waals surface area (Å²) < 4.78 is 0. The highest BCUT2D eigenvalue weighted by Gasteiger charge is 2.35. The van der Waals surface area contributed by atoms with Crippen LogP contribution < -0.4 is 21.4 Å². The molecule has 3 N–H and O–H groups in total. The molecular formula is C19H26BN3O2S. The molecule has 26 heavy (non-hydrogen) atoms. The van der Waals surface area contributed by atoms with Crippen molar-refractivity contribution in [2.45, 2.75) is 31.8 Å². The summed E-state index contributed by atoms with van der Waals surface area (Å²) in [6.07, 6.45) is 5.44. The summed E-state index contributed by atoms with van der Waals surface area (Å²) in [6, 6.07) is 6.72. The molecule has 1 fully saturated rings. The number of nitrogens with one attached hydrogen (secondary N) is 1. The molecule has 0 unspecified atom stereocenters. The monoisotopic (exact) mass is 371 g/mol. The molecule has 5 nitrogen and oxygen atoms in total. The van der Waals surface area contributed by atoms with Crippen LogP contribution in [0.3, 0.4) is 0 Å². The predicted molar refractivity (Wildman–Crippen MR) is 111 cm³/mol. The van der Waals surface area contributed by atoms with Crippen molar-refractivity contribution < 1.29 is 9.59 Å². The van der Waals surface area contributed by atoms with Crippen LogP contribution in [0.4, 0.5) is 0 Å². The summed E-state index contributed by atoms with van der Waals surface area (Å²) in [5.74, 6) is -0.0782. The molecule has 138 valence electrons. The first-order chi connectivity index (χ1) is 12.5. The number of likely N-dealkylation sites (tertiary alicyclic amines) is 1. The fourth-order valence-electron chi connectivity index (χ4n) is 3.01. The van der Waals surface area contributed by atoms with Crippen molar-refractivity contribution in [3.63, 3.8) is 0 Å². The van der Waals surface area contributed by atoms with Gasteiger partial charge in [-0.25, -0.2) is 0 Å². The zero-order valence-electron chi connectivity index (χ0n) is 15.1. The van der Waals surface area contributed by atoms with Gasteiger partial charge in [-0.05, 0) is 30.2 Å². The average Bonchev–Trinajstić information content (AvgIpc) is 3.14. The Hall–Kier alpha value is -1.99. The van der Waals surface area contributed by atoms with E-state index < -0.39 is 12.1 Å². The molecule has 0 saturated carbocycles. The van der Waals surface area contributed by atoms with Crippen LogP contribution in [0, 0.1) is 0 Å². The summed E-state index contributed by atoms with van der Waals surface area (Å²) in [6.45, 7) is 6.51. The van der Waals surface area contributed by atoms with Crippen molar-refractivity contribution >= 4 is 44.5 Å². The number of hydrogen-bond acceptors (Lipinski definition) is 4. The number of nitrogens with zero attached hydrogens (tertiary/aromatic N) is 1. The molecule has 0 spiro atoms. The first-order valence-electron chi connectivity index (χ1n) is 8.83. The Kier molecular flexibility index (Phi) is 7.54. The van der Waals surface area contributed by atoms with Gasteiger partial charge in [-0.3, -0.25) is 9.59 Å². The number of amides is 2. The standard InChI is InChI=1S/C19H26BN3O2S/c1-3-15(11-14-8-5-4-7-13(14)2)20-22-18(24)17-9-6-10-23(17)19(25)16(21)12-26/h3-5,7-8,11,16-17,20,26H,2,6,9-10,12,21H2,1H3,(H,22,24)/b14-11-,15-3+/t16-,17+/m0/s1. The van der Waals surface area contributed by atoms with Crippen molar-refractivity contribution in [2.75, 3.05) is 12.3 Å². The van der Waals surface area contributed by atoms with E-state index in [-0.39, 0.29) is 17.6 Å². The van der Waals surface area contributed by atoms with E-state index in [0.29, 0.717) is 20.4 Å². The van der Waals surface area contributed by atoms with Crippen LogP contribution in [-0.4, -0.2) is 48.5 Å². The summed E-state index contributed by atoms with van der Waals surface area (Å²) in [4.78, 5) is 26.5. The smallest absolute Gasteiger partial charge is 0.269 e. The van der Waals surface area contributed by atoms with Gasteiger partial charge < -0.3 is 15.9 Å². The molecule has 0 radical (unpaired) electrons. The van der Waals surface area contributed by atoms with Crippen molar-refractivity contribution in [3.8, 4) is 0 Å². The zero-order valence-corrected chi connectivity index (χ0v) is 16.0. The van der Waals surface area contributed by atoms with Crippen LogP contribution in [0.1, 0.15) is 19.8 Å². The minimum atomic E-state index is -0.667. The highest BCUT2D eigenvalue weighted by molar-refractivity contribution is 7.80. The Morgan fingerprint density at radius 2 is 2.23 bits per heavy atom. The van der Waals surface area contributed by atoms with Crippen molar-refractivity contribution in [1.29, 1.82) is 0 Å². The first kappa shape index (κ1) is 20.3. The lowest BCUT2D eigenvalue weighted by Gasteiger charge is -2.26. The normalized spacial score (nSPS) is 19.3. The Morgan fingerprint density at radius 3 is 2.88 bits per heavy atom. The summed E-state index contributed by atoms with van der Waals surface area (Å²) in [7, 11) is 0.404. The molecule has 1 aromatic carbocycles. The van der Waals surface area contributed by atoms with Gasteiger partial charge in [0.25, 0.3) is 7.41 Å². The summed E-state index contributed by atoms with van der Waals surface area (Å²) in [5.41, 5.74) is 6.77. The second-order valence-corrected chi connectivity index (χ2v) is 6.77. The molecule has 7 heteroatoms. The van der Waals surface area contributed by atoms with E-state index in [0.717, 1.165) is 22.3 Å². The van der Waals surface area contributed by atoms with Gasteiger partial charge in [0.05, 0.1) is 6.04 Å². The van der Waals surface area contributed by atoms with Crippen LogP contribution in [-0.2, 0) is 9.59 Å². The van der Waals surface area contributed by atoms with Gasteiger partial charge in [0.1, 0.15) is 6.04 Å². The number of thiol groups is 1. The molecule has 2 atom stereocenters. The Balaban J connectivity index is 2.03. The largest absolute Gasteiger partial charge is 0.396 e. The average molecular weight is 371 g/mol. The van der Waals surface area contributed by atoms with Crippen LogP contribution >= 0.6 is 12.6 Å². The van der Waals surface area contributed by atoms with Crippen LogP contribution in [0.15, 0.2) is 35.8 Å². The third-order valence-electron chi connectivity index (χ3n) is 4.59. The molecule has 0 bridgehead atoms. The number of carbonyl (C=O) groups excluding carboxylic acids is 2. The molecule has 1 saturated heterocycles. The second-order valence-electron chi connectivity index (χ2n) is 6.40. The zero-order chi connectivity index (χ0) is 19.1. The molecule has 2 rings (SSSR count). The van der Waals surface area contributed by atoms with E-state index in [9.17, 15) is 9.59 Å². The number of rotatable bonds is 6. The van der Waals surface area contributed by atoms with Gasteiger partial charge in [-0.1, -0.05) is 48.5 Å². The Bertz CT molecular complexity index is 796. The lowest BCUT2D eigenvalue weighted by molar-refractivity contribution is -0.138. The maximum absolute atomic E-state index is 12.6. The van der Waals surface area contributed by atoms with Crippen molar-refractivity contribution in [2.24, 2.45) is 5.73 Å². The summed E-state index contributed by atoms with van der Waals surface area (Å²) >= 11 is 4.08. The van der Waals surface area contributed by atoms with E-state index in [1.54, 1.807) is 4.90 Å². The van der Waals surface area contributed by atoms with E-state index in [4.69, 9.17) is 5.73 Å². The van der Waals surface area contributed by atoms with E-state index in [2.05, 4.69) is 24.4 Å². The van der Waals surface area contributed by atoms with Gasteiger partial charge in [0, 0.05) is 12.3 Å². The maximum atomic E-state index is 12.6. The third kappa shape index (κ3) is 5.02. The van der Waals surface area contributed by atoms with Gasteiger partial charge in [-0.2, -0.15) is 12.6 Å². The molecule has 1 heterocycles. The highest BCUT2D eigenvalue weighted by Crippen LogP contribution is 2.18. The molecule has 0 aliphatic carbocycles. The molecular weight excluding hydrogens is 345 g/mol. The molecule has 1 aliphatic heterocycles. The molecule has 1 aliphatic rings. The molecule has 1 aromatic rings. The van der Waals surface area contributed by atoms with E-state index in [1.165, 1.54) is 0 Å². The SMILES string of the molecule is C=c1cccc/c1=C/C(BNC(=O)[C@H]1CCCN1C(=O)[C@@H](N)CS)=C\C. The van der Waals surface area contributed by atoms with E-state index >= 15 is 0 Å². The number of benzene rings is 1. The van der Waals surface area contributed by atoms with Crippen LogP contribution in [0.2, 0.25) is 0 Å². The van der Waals surface area contributed by atoms with Crippen molar-refractivity contribution in [3.05, 3.63) is 46.3 Å². The fraction of sp³-hybridized carbons (Fsp3) is 0.368. The first-order valence-corrected chi connectivity index (χ1v) is 9.46. The minimum Gasteiger partial charge on any atom is -0.396 e. The lowest BCUT2D eigenvalue weighted by Crippen LogP contribution is -2.52. The molecule has 0 aromatic heterocycles. The van der Waals surface area contributed by atoms with Crippen molar-refractivity contribution in [1.82, 2.24) is 10.1 Å². The second kappa shape index (κ2) is 9.64. The molecule has 2 amide bonds.